The molecule has 0 saturated carbocycles. The minimum Gasteiger partial charge on any atom is -0.322 e. The van der Waals surface area contributed by atoms with E-state index in [2.05, 4.69) is 17.1 Å². The molecule has 0 spiro atoms. The maximum absolute atomic E-state index is 6.06. The molecule has 0 fully saturated rings. The first-order valence-corrected chi connectivity index (χ1v) is 5.81. The van der Waals surface area contributed by atoms with Crippen molar-refractivity contribution in [2.75, 3.05) is 12.3 Å². The molecule has 2 N–H and O–H groups in total. The van der Waals surface area contributed by atoms with Crippen LogP contribution in [0.5, 0.6) is 0 Å². The average molecular weight is 206 g/mol. The summed E-state index contributed by atoms with van der Waals surface area (Å²) < 4.78 is 0. The summed E-state index contributed by atoms with van der Waals surface area (Å²) in [6.07, 6.45) is 0.896. The summed E-state index contributed by atoms with van der Waals surface area (Å²) in [6, 6.07) is 10.4. The number of nitrogens with two attached hydrogens (primary N) is 1. The number of hydrogen-bond donors (Lipinski definition) is 1. The van der Waals surface area contributed by atoms with Gasteiger partial charge in [-0.15, -0.1) is 11.8 Å². The van der Waals surface area contributed by atoms with Crippen molar-refractivity contribution in [1.29, 1.82) is 0 Å². The van der Waals surface area contributed by atoms with Gasteiger partial charge in [-0.25, -0.2) is 0 Å². The molecule has 14 heavy (non-hydrogen) atoms. The number of nitrogens with zero attached hydrogens (tertiary/aromatic N) is 1. The van der Waals surface area contributed by atoms with Gasteiger partial charge in [0, 0.05) is 12.3 Å². The molecule has 1 aromatic rings. The fraction of sp³-hybridized carbons (Fsp3) is 0.364. The zero-order chi connectivity index (χ0) is 9.80. The smallest absolute Gasteiger partial charge is 0.0848 e. The molecular formula is C11H14N2S. The lowest BCUT2D eigenvalue weighted by molar-refractivity contribution is 0.857. The summed E-state index contributed by atoms with van der Waals surface area (Å²) in [4.78, 5) is 4.39. The van der Waals surface area contributed by atoms with E-state index < -0.39 is 0 Å². The number of rotatable bonds is 3. The third-order valence-electron chi connectivity index (χ3n) is 2.22. The van der Waals surface area contributed by atoms with E-state index in [0.29, 0.717) is 0 Å². The van der Waals surface area contributed by atoms with Crippen LogP contribution in [0.2, 0.25) is 0 Å². The molecular weight excluding hydrogens is 192 g/mol. The monoisotopic (exact) mass is 206 g/mol. The predicted octanol–water partition coefficient (Wildman–Crippen LogP) is 1.70. The van der Waals surface area contributed by atoms with Crippen molar-refractivity contribution in [2.45, 2.75) is 12.5 Å². The van der Waals surface area contributed by atoms with Crippen LogP contribution in [0.1, 0.15) is 5.56 Å². The second kappa shape index (κ2) is 4.62. The Morgan fingerprint density at radius 3 is 2.79 bits per heavy atom. The lowest BCUT2D eigenvalue weighted by Crippen LogP contribution is -2.29. The van der Waals surface area contributed by atoms with Crippen molar-refractivity contribution in [3.05, 3.63) is 35.9 Å². The lowest BCUT2D eigenvalue weighted by atomic mass is 10.1. The highest BCUT2D eigenvalue weighted by Gasteiger charge is 2.15. The number of hydrogen-bond acceptors (Lipinski definition) is 3. The topological polar surface area (TPSA) is 38.4 Å². The van der Waals surface area contributed by atoms with Crippen molar-refractivity contribution in [3.8, 4) is 0 Å². The van der Waals surface area contributed by atoms with Crippen LogP contribution in [0.3, 0.4) is 0 Å². The van der Waals surface area contributed by atoms with Crippen LogP contribution in [-0.4, -0.2) is 23.4 Å². The first-order chi connectivity index (χ1) is 6.86. The van der Waals surface area contributed by atoms with Gasteiger partial charge in [0.1, 0.15) is 0 Å². The zero-order valence-corrected chi connectivity index (χ0v) is 8.83. The first kappa shape index (κ1) is 9.74. The van der Waals surface area contributed by atoms with Gasteiger partial charge in [0.05, 0.1) is 11.1 Å². The van der Waals surface area contributed by atoms with E-state index in [1.807, 2.05) is 18.2 Å². The number of benzene rings is 1. The van der Waals surface area contributed by atoms with E-state index >= 15 is 0 Å². The van der Waals surface area contributed by atoms with E-state index in [-0.39, 0.29) is 6.04 Å². The molecule has 0 bridgehead atoms. The van der Waals surface area contributed by atoms with Crippen LogP contribution in [0.4, 0.5) is 0 Å². The van der Waals surface area contributed by atoms with Crippen LogP contribution < -0.4 is 5.73 Å². The largest absolute Gasteiger partial charge is 0.322 e. The summed E-state index contributed by atoms with van der Waals surface area (Å²) in [5.74, 6) is 1.10. The normalized spacial score (nSPS) is 17.9. The van der Waals surface area contributed by atoms with Gasteiger partial charge in [-0.1, -0.05) is 30.3 Å². The second-order valence-electron chi connectivity index (χ2n) is 3.36. The van der Waals surface area contributed by atoms with Gasteiger partial charge in [-0.05, 0) is 12.0 Å². The summed E-state index contributed by atoms with van der Waals surface area (Å²) in [7, 11) is 0. The Labute approximate surface area is 88.6 Å². The van der Waals surface area contributed by atoms with Crippen molar-refractivity contribution < 1.29 is 0 Å². The average Bonchev–Trinajstić information content (AvgIpc) is 2.72. The van der Waals surface area contributed by atoms with Gasteiger partial charge in [0.2, 0.25) is 0 Å². The highest BCUT2D eigenvalue weighted by molar-refractivity contribution is 8.14. The van der Waals surface area contributed by atoms with Crippen molar-refractivity contribution in [1.82, 2.24) is 0 Å². The number of aliphatic imine (C=N–C) groups is 1. The maximum Gasteiger partial charge on any atom is 0.0848 e. The maximum atomic E-state index is 6.06. The molecule has 0 saturated heterocycles. The van der Waals surface area contributed by atoms with Gasteiger partial charge in [-0.3, -0.25) is 4.99 Å². The molecule has 2 nitrogen and oxygen atoms in total. The van der Waals surface area contributed by atoms with Gasteiger partial charge in [-0.2, -0.15) is 0 Å². The molecule has 1 aliphatic heterocycles. The van der Waals surface area contributed by atoms with Crippen molar-refractivity contribution >= 4 is 16.8 Å². The summed E-state index contributed by atoms with van der Waals surface area (Å²) in [5, 5.41) is 1.12. The summed E-state index contributed by atoms with van der Waals surface area (Å²) >= 11 is 1.79. The zero-order valence-electron chi connectivity index (χ0n) is 8.02. The molecule has 0 aromatic heterocycles. The van der Waals surface area contributed by atoms with Gasteiger partial charge >= 0.3 is 0 Å². The molecule has 0 unspecified atom stereocenters. The minimum atomic E-state index is 0.0879. The Bertz CT molecular complexity index is 321. The molecule has 0 amide bonds. The molecule has 2 rings (SSSR count). The molecule has 1 heterocycles. The van der Waals surface area contributed by atoms with Crippen LogP contribution in [0, 0.1) is 0 Å². The Morgan fingerprint density at radius 2 is 2.14 bits per heavy atom. The minimum absolute atomic E-state index is 0.0879. The predicted molar refractivity (Wildman–Crippen MR) is 62.9 cm³/mol. The lowest BCUT2D eigenvalue weighted by Gasteiger charge is -2.10. The van der Waals surface area contributed by atoms with E-state index in [1.54, 1.807) is 11.8 Å². The standard InChI is InChI=1S/C11H14N2S/c12-10(11-13-6-7-14-11)8-9-4-2-1-3-5-9/h1-5,10H,6-8,12H2/t10-/m0/s1. The Hall–Kier alpha value is -0.800. The summed E-state index contributed by atoms with van der Waals surface area (Å²) in [5.41, 5.74) is 7.35. The molecule has 3 heteroatoms. The van der Waals surface area contributed by atoms with E-state index in [9.17, 15) is 0 Å². The third-order valence-corrected chi connectivity index (χ3v) is 3.34. The SMILES string of the molecule is N[C@@H](Cc1ccccc1)C1=NCCS1. The van der Waals surface area contributed by atoms with Gasteiger partial charge in [0.25, 0.3) is 0 Å². The molecule has 0 aliphatic carbocycles. The quantitative estimate of drug-likeness (QED) is 0.817. The van der Waals surface area contributed by atoms with E-state index in [1.165, 1.54) is 5.56 Å². The van der Waals surface area contributed by atoms with Crippen LogP contribution in [0.15, 0.2) is 35.3 Å². The molecule has 0 radical (unpaired) electrons. The van der Waals surface area contributed by atoms with Crippen LogP contribution in [-0.2, 0) is 6.42 Å². The molecule has 1 atom stereocenters. The molecule has 74 valence electrons. The van der Waals surface area contributed by atoms with Crippen molar-refractivity contribution in [3.63, 3.8) is 0 Å². The van der Waals surface area contributed by atoms with Crippen LogP contribution >= 0.6 is 11.8 Å². The third kappa shape index (κ3) is 2.36. The Morgan fingerprint density at radius 1 is 1.36 bits per heavy atom. The molecule has 1 aromatic carbocycles. The highest BCUT2D eigenvalue weighted by Crippen LogP contribution is 2.16. The van der Waals surface area contributed by atoms with Gasteiger partial charge in [0.15, 0.2) is 0 Å². The second-order valence-corrected chi connectivity index (χ2v) is 4.48. The number of thioether (sulfide) groups is 1. The Balaban J connectivity index is 1.97. The van der Waals surface area contributed by atoms with E-state index in [4.69, 9.17) is 5.73 Å². The van der Waals surface area contributed by atoms with Crippen LogP contribution in [0.25, 0.3) is 0 Å². The Kier molecular flexibility index (Phi) is 3.22. The fourth-order valence-electron chi connectivity index (χ4n) is 1.53. The fourth-order valence-corrected chi connectivity index (χ4v) is 2.40. The van der Waals surface area contributed by atoms with E-state index in [0.717, 1.165) is 23.8 Å². The first-order valence-electron chi connectivity index (χ1n) is 4.83. The molecule has 1 aliphatic rings. The summed E-state index contributed by atoms with van der Waals surface area (Å²) in [6.45, 7) is 0.933. The highest BCUT2D eigenvalue weighted by atomic mass is 32.2. The van der Waals surface area contributed by atoms with Crippen molar-refractivity contribution in [2.24, 2.45) is 10.7 Å². The van der Waals surface area contributed by atoms with Gasteiger partial charge < -0.3 is 5.73 Å².